The quantitative estimate of drug-likeness (QED) is 0.515. The summed E-state index contributed by atoms with van der Waals surface area (Å²) in [5.41, 5.74) is 2.63. The fourth-order valence-corrected chi connectivity index (χ4v) is 4.93. The molecule has 0 aliphatic carbocycles. The summed E-state index contributed by atoms with van der Waals surface area (Å²) >= 11 is 0. The third-order valence-electron chi connectivity index (χ3n) is 5.12. The number of hydrogen-bond donors (Lipinski definition) is 0. The number of imidazole rings is 1. The van der Waals surface area contributed by atoms with E-state index in [9.17, 15) is 8.42 Å². The highest BCUT2D eigenvalue weighted by atomic mass is 32.2. The monoisotopic (exact) mass is 426 g/mol. The molecule has 0 N–H and O–H groups in total. The van der Waals surface area contributed by atoms with Crippen LogP contribution in [0.25, 0.3) is 0 Å². The normalized spacial score (nSPS) is 13.1. The summed E-state index contributed by atoms with van der Waals surface area (Å²) in [5.74, 6) is 0.241. The van der Waals surface area contributed by atoms with E-state index in [1.165, 1.54) is 0 Å². The van der Waals surface area contributed by atoms with Crippen molar-refractivity contribution in [3.63, 3.8) is 0 Å². The van der Waals surface area contributed by atoms with Crippen LogP contribution in [0, 0.1) is 5.92 Å². The molecular formula is C23H30N4O2S. The second kappa shape index (κ2) is 9.53. The van der Waals surface area contributed by atoms with Gasteiger partial charge in [0.1, 0.15) is 0 Å². The molecule has 0 amide bonds. The number of hydrogen-bond acceptors (Lipinski definition) is 5. The van der Waals surface area contributed by atoms with Crippen molar-refractivity contribution in [1.82, 2.24) is 19.4 Å². The standard InChI is InChI=1S/C23H30N4O2S/c1-18(2)15-27-21(16-26(4)19(3)22-12-8-9-13-24-22)14-25-23(27)30(28,29)17-20-10-6-5-7-11-20/h5-14,18-19H,15-17H2,1-4H3. The van der Waals surface area contributed by atoms with E-state index in [0.29, 0.717) is 19.0 Å². The van der Waals surface area contributed by atoms with Crippen LogP contribution in [0.4, 0.5) is 0 Å². The van der Waals surface area contributed by atoms with Crippen LogP contribution in [0.2, 0.25) is 0 Å². The van der Waals surface area contributed by atoms with Crippen molar-refractivity contribution in [2.24, 2.45) is 5.92 Å². The van der Waals surface area contributed by atoms with Gasteiger partial charge in [0.05, 0.1) is 23.3 Å². The Morgan fingerprint density at radius 3 is 2.33 bits per heavy atom. The van der Waals surface area contributed by atoms with Gasteiger partial charge in [-0.1, -0.05) is 50.2 Å². The zero-order chi connectivity index (χ0) is 21.7. The molecule has 7 heteroatoms. The first-order valence-electron chi connectivity index (χ1n) is 10.2. The average Bonchev–Trinajstić information content (AvgIpc) is 3.11. The Kier molecular flexibility index (Phi) is 7.05. The maximum atomic E-state index is 13.2. The second-order valence-electron chi connectivity index (χ2n) is 8.13. The van der Waals surface area contributed by atoms with Crippen LogP contribution in [0.5, 0.6) is 0 Å². The molecule has 1 aromatic carbocycles. The molecule has 0 saturated heterocycles. The van der Waals surface area contributed by atoms with Gasteiger partial charge >= 0.3 is 0 Å². The molecule has 0 spiro atoms. The van der Waals surface area contributed by atoms with Gasteiger partial charge in [-0.2, -0.15) is 0 Å². The summed E-state index contributed by atoms with van der Waals surface area (Å²) in [6.07, 6.45) is 3.48. The Balaban J connectivity index is 1.88. The zero-order valence-electron chi connectivity index (χ0n) is 18.1. The van der Waals surface area contributed by atoms with Gasteiger partial charge in [0.2, 0.25) is 15.0 Å². The van der Waals surface area contributed by atoms with Crippen LogP contribution in [-0.2, 0) is 28.7 Å². The Morgan fingerprint density at radius 2 is 1.70 bits per heavy atom. The molecule has 0 aliphatic rings. The predicted molar refractivity (Wildman–Crippen MR) is 119 cm³/mol. The van der Waals surface area contributed by atoms with Gasteiger partial charge in [-0.05, 0) is 37.6 Å². The lowest BCUT2D eigenvalue weighted by Gasteiger charge is -2.25. The zero-order valence-corrected chi connectivity index (χ0v) is 18.9. The molecule has 1 unspecified atom stereocenters. The predicted octanol–water partition coefficient (Wildman–Crippen LogP) is 4.10. The minimum absolute atomic E-state index is 0.0530. The maximum absolute atomic E-state index is 13.2. The first kappa shape index (κ1) is 22.2. The van der Waals surface area contributed by atoms with Gasteiger partial charge in [0, 0.05) is 25.3 Å². The summed E-state index contributed by atoms with van der Waals surface area (Å²) in [4.78, 5) is 11.0. The average molecular weight is 427 g/mol. The van der Waals surface area contributed by atoms with Crippen molar-refractivity contribution in [2.45, 2.75) is 50.8 Å². The van der Waals surface area contributed by atoms with E-state index in [1.807, 2.05) is 60.1 Å². The second-order valence-corrected chi connectivity index (χ2v) is 10.0. The molecule has 0 radical (unpaired) electrons. The van der Waals surface area contributed by atoms with Crippen LogP contribution >= 0.6 is 0 Å². The van der Waals surface area contributed by atoms with Crippen LogP contribution < -0.4 is 0 Å². The van der Waals surface area contributed by atoms with E-state index in [-0.39, 0.29) is 17.0 Å². The summed E-state index contributed by atoms with van der Waals surface area (Å²) in [7, 11) is -1.54. The molecule has 6 nitrogen and oxygen atoms in total. The molecule has 160 valence electrons. The van der Waals surface area contributed by atoms with Crippen molar-refractivity contribution in [3.8, 4) is 0 Å². The van der Waals surface area contributed by atoms with Crippen molar-refractivity contribution in [2.75, 3.05) is 7.05 Å². The minimum atomic E-state index is -3.56. The van der Waals surface area contributed by atoms with E-state index >= 15 is 0 Å². The number of benzene rings is 1. The molecular weight excluding hydrogens is 396 g/mol. The lowest BCUT2D eigenvalue weighted by atomic mass is 10.2. The first-order chi connectivity index (χ1) is 14.3. The van der Waals surface area contributed by atoms with Crippen LogP contribution in [0.3, 0.4) is 0 Å². The fraction of sp³-hybridized carbons (Fsp3) is 0.391. The third kappa shape index (κ3) is 5.34. The Labute approximate surface area is 179 Å². The van der Waals surface area contributed by atoms with E-state index in [0.717, 1.165) is 17.0 Å². The van der Waals surface area contributed by atoms with E-state index in [4.69, 9.17) is 0 Å². The van der Waals surface area contributed by atoms with Crippen molar-refractivity contribution < 1.29 is 8.42 Å². The molecule has 0 bridgehead atoms. The Morgan fingerprint density at radius 1 is 1.00 bits per heavy atom. The summed E-state index contributed by atoms with van der Waals surface area (Å²) < 4.78 is 28.2. The van der Waals surface area contributed by atoms with Gasteiger partial charge in [0.15, 0.2) is 0 Å². The number of nitrogens with zero attached hydrogens (tertiary/aromatic N) is 4. The summed E-state index contributed by atoms with van der Waals surface area (Å²) in [6.45, 7) is 7.44. The van der Waals surface area contributed by atoms with Crippen LogP contribution in [0.1, 0.15) is 43.8 Å². The smallest absolute Gasteiger partial charge is 0.228 e. The fourth-order valence-electron chi connectivity index (χ4n) is 3.43. The number of rotatable bonds is 9. The number of aromatic nitrogens is 3. The van der Waals surface area contributed by atoms with Gasteiger partial charge in [-0.3, -0.25) is 9.88 Å². The molecule has 2 aromatic heterocycles. The Bertz CT molecular complexity index is 1050. The minimum Gasteiger partial charge on any atom is -0.317 e. The highest BCUT2D eigenvalue weighted by Crippen LogP contribution is 2.23. The molecule has 3 aromatic rings. The lowest BCUT2D eigenvalue weighted by Crippen LogP contribution is -2.25. The van der Waals surface area contributed by atoms with Crippen LogP contribution in [0.15, 0.2) is 66.1 Å². The maximum Gasteiger partial charge on any atom is 0.228 e. The third-order valence-corrected chi connectivity index (χ3v) is 6.71. The van der Waals surface area contributed by atoms with E-state index in [1.54, 1.807) is 12.4 Å². The van der Waals surface area contributed by atoms with Crippen molar-refractivity contribution in [3.05, 3.63) is 77.9 Å². The van der Waals surface area contributed by atoms with Crippen molar-refractivity contribution >= 4 is 9.84 Å². The largest absolute Gasteiger partial charge is 0.317 e. The van der Waals surface area contributed by atoms with E-state index in [2.05, 4.69) is 35.6 Å². The SMILES string of the molecule is CC(C)Cn1c(CN(C)C(C)c2ccccn2)cnc1S(=O)(=O)Cc1ccccc1. The molecule has 2 heterocycles. The van der Waals surface area contributed by atoms with Gasteiger partial charge in [0.25, 0.3) is 0 Å². The molecule has 3 rings (SSSR count). The molecule has 1 atom stereocenters. The molecule has 0 aliphatic heterocycles. The highest BCUT2D eigenvalue weighted by Gasteiger charge is 2.25. The summed E-state index contributed by atoms with van der Waals surface area (Å²) in [6, 6.07) is 15.2. The van der Waals surface area contributed by atoms with Gasteiger partial charge in [-0.15, -0.1) is 0 Å². The molecule has 0 fully saturated rings. The Hall–Kier alpha value is -2.51. The highest BCUT2D eigenvalue weighted by molar-refractivity contribution is 7.90. The number of sulfone groups is 1. The van der Waals surface area contributed by atoms with Crippen molar-refractivity contribution in [1.29, 1.82) is 0 Å². The lowest BCUT2D eigenvalue weighted by molar-refractivity contribution is 0.240. The van der Waals surface area contributed by atoms with Crippen LogP contribution in [-0.4, -0.2) is 34.9 Å². The molecule has 0 saturated carbocycles. The topological polar surface area (TPSA) is 68.1 Å². The van der Waals surface area contributed by atoms with E-state index < -0.39 is 9.84 Å². The molecule has 30 heavy (non-hydrogen) atoms. The summed E-state index contributed by atoms with van der Waals surface area (Å²) in [5, 5.41) is 0.147. The van der Waals surface area contributed by atoms with Gasteiger partial charge < -0.3 is 4.57 Å². The number of pyridine rings is 1. The first-order valence-corrected chi connectivity index (χ1v) is 11.9. The van der Waals surface area contributed by atoms with Gasteiger partial charge in [-0.25, -0.2) is 13.4 Å².